The monoisotopic (exact) mass is 207 g/mol. The quantitative estimate of drug-likeness (QED) is 0.800. The van der Waals surface area contributed by atoms with Crippen molar-refractivity contribution < 1.29 is 9.84 Å². The first-order chi connectivity index (χ1) is 7.28. The predicted molar refractivity (Wildman–Crippen MR) is 57.8 cm³/mol. The Morgan fingerprint density at radius 3 is 2.87 bits per heavy atom. The second-order valence-electron chi connectivity index (χ2n) is 4.25. The van der Waals surface area contributed by atoms with Gasteiger partial charge in [-0.25, -0.2) is 4.98 Å². The summed E-state index contributed by atoms with van der Waals surface area (Å²) in [5.74, 6) is 1.39. The van der Waals surface area contributed by atoms with Gasteiger partial charge in [-0.15, -0.1) is 0 Å². The molecule has 15 heavy (non-hydrogen) atoms. The highest BCUT2D eigenvalue weighted by Gasteiger charge is 2.24. The maximum atomic E-state index is 9.78. The molecule has 1 aromatic heterocycles. The van der Waals surface area contributed by atoms with Crippen molar-refractivity contribution in [3.63, 3.8) is 0 Å². The Hall–Kier alpha value is -1.09. The molecule has 1 aromatic rings. The number of ether oxygens (including phenoxy) is 1. The number of hydrogen-bond acceptors (Lipinski definition) is 3. The minimum Gasteiger partial charge on any atom is -0.481 e. The van der Waals surface area contributed by atoms with Crippen molar-refractivity contribution >= 4 is 0 Å². The molecule has 1 unspecified atom stereocenters. The van der Waals surface area contributed by atoms with Gasteiger partial charge in [-0.2, -0.15) is 0 Å². The molecule has 0 spiro atoms. The van der Waals surface area contributed by atoms with Crippen LogP contribution >= 0.6 is 0 Å². The second-order valence-corrected chi connectivity index (χ2v) is 4.25. The minimum atomic E-state index is -0.215. The van der Waals surface area contributed by atoms with Crippen LogP contribution in [0.25, 0.3) is 0 Å². The number of hydrogen-bond donors (Lipinski definition) is 1. The number of aromatic nitrogens is 1. The lowest BCUT2D eigenvalue weighted by atomic mass is 10.1. The van der Waals surface area contributed by atoms with Crippen LogP contribution in [0.5, 0.6) is 5.88 Å². The third-order valence-electron chi connectivity index (χ3n) is 2.78. The van der Waals surface area contributed by atoms with Crippen molar-refractivity contribution in [1.29, 1.82) is 0 Å². The van der Waals surface area contributed by atoms with Gasteiger partial charge in [0, 0.05) is 12.3 Å². The first-order valence-electron chi connectivity index (χ1n) is 5.45. The Balaban J connectivity index is 1.85. The fourth-order valence-corrected chi connectivity index (χ4v) is 1.75. The molecule has 3 heteroatoms. The van der Waals surface area contributed by atoms with Gasteiger partial charge in [-0.3, -0.25) is 0 Å². The normalized spacial score (nSPS) is 17.5. The molecule has 0 amide bonds. The topological polar surface area (TPSA) is 42.4 Å². The Morgan fingerprint density at radius 1 is 1.53 bits per heavy atom. The number of rotatable bonds is 5. The van der Waals surface area contributed by atoms with E-state index in [9.17, 15) is 5.11 Å². The van der Waals surface area contributed by atoms with E-state index in [-0.39, 0.29) is 6.10 Å². The van der Waals surface area contributed by atoms with Crippen molar-refractivity contribution in [2.75, 3.05) is 7.11 Å². The average Bonchev–Trinajstić information content (AvgIpc) is 3.03. The Morgan fingerprint density at radius 2 is 2.33 bits per heavy atom. The fourth-order valence-electron chi connectivity index (χ4n) is 1.75. The summed E-state index contributed by atoms with van der Waals surface area (Å²) in [4.78, 5) is 4.11. The number of pyridine rings is 1. The highest BCUT2D eigenvalue weighted by Crippen LogP contribution is 2.34. The number of nitrogens with zero attached hydrogens (tertiary/aromatic N) is 1. The molecule has 1 heterocycles. The maximum Gasteiger partial charge on any atom is 0.212 e. The van der Waals surface area contributed by atoms with Gasteiger partial charge < -0.3 is 9.84 Å². The van der Waals surface area contributed by atoms with Crippen LogP contribution in [0.15, 0.2) is 18.3 Å². The van der Waals surface area contributed by atoms with Gasteiger partial charge in [0.1, 0.15) is 0 Å². The van der Waals surface area contributed by atoms with E-state index in [2.05, 4.69) is 4.98 Å². The van der Waals surface area contributed by atoms with Crippen LogP contribution in [-0.2, 0) is 6.42 Å². The number of methoxy groups -OCH3 is 1. The molecule has 0 bridgehead atoms. The molecule has 82 valence electrons. The van der Waals surface area contributed by atoms with Gasteiger partial charge >= 0.3 is 0 Å². The van der Waals surface area contributed by atoms with E-state index in [1.807, 2.05) is 12.1 Å². The first-order valence-corrected chi connectivity index (χ1v) is 5.45. The standard InChI is InChI=1S/C12H17NO2/c1-15-12-5-4-10(8-13-12)7-11(14)6-9-2-3-9/h4-5,8-9,11,14H,2-3,6-7H2,1H3. The maximum absolute atomic E-state index is 9.78. The molecule has 1 aliphatic carbocycles. The Labute approximate surface area is 90.1 Å². The van der Waals surface area contributed by atoms with Crippen molar-refractivity contribution in [1.82, 2.24) is 4.98 Å². The summed E-state index contributed by atoms with van der Waals surface area (Å²) in [6.45, 7) is 0. The van der Waals surface area contributed by atoms with Gasteiger partial charge in [0.05, 0.1) is 13.2 Å². The van der Waals surface area contributed by atoms with Crippen molar-refractivity contribution in [3.8, 4) is 5.88 Å². The third-order valence-corrected chi connectivity index (χ3v) is 2.78. The first kappa shape index (κ1) is 10.4. The highest BCUT2D eigenvalue weighted by molar-refractivity contribution is 5.18. The predicted octanol–water partition coefficient (Wildman–Crippen LogP) is 1.79. The van der Waals surface area contributed by atoms with E-state index in [4.69, 9.17) is 4.74 Å². The smallest absolute Gasteiger partial charge is 0.212 e. The summed E-state index contributed by atoms with van der Waals surface area (Å²) in [7, 11) is 1.60. The van der Waals surface area contributed by atoms with E-state index >= 15 is 0 Å². The zero-order chi connectivity index (χ0) is 10.7. The molecular weight excluding hydrogens is 190 g/mol. The Bertz CT molecular complexity index is 306. The van der Waals surface area contributed by atoms with Crippen LogP contribution < -0.4 is 4.74 Å². The molecule has 3 nitrogen and oxygen atoms in total. The SMILES string of the molecule is COc1ccc(CC(O)CC2CC2)cn1. The van der Waals surface area contributed by atoms with Gasteiger partial charge in [-0.1, -0.05) is 18.9 Å². The van der Waals surface area contributed by atoms with Crippen LogP contribution in [-0.4, -0.2) is 23.3 Å². The van der Waals surface area contributed by atoms with Gasteiger partial charge in [-0.05, 0) is 24.3 Å². The summed E-state index contributed by atoms with van der Waals surface area (Å²) in [6, 6.07) is 3.79. The van der Waals surface area contributed by atoms with E-state index in [0.29, 0.717) is 12.3 Å². The number of aliphatic hydroxyl groups excluding tert-OH is 1. The molecule has 1 fully saturated rings. The summed E-state index contributed by atoms with van der Waals surface area (Å²) in [5, 5.41) is 9.78. The molecule has 1 saturated carbocycles. The molecule has 1 aliphatic rings. The lowest BCUT2D eigenvalue weighted by Gasteiger charge is -2.09. The van der Waals surface area contributed by atoms with E-state index in [0.717, 1.165) is 17.9 Å². The molecule has 0 aromatic carbocycles. The molecule has 2 rings (SSSR count). The van der Waals surface area contributed by atoms with Crippen molar-refractivity contribution in [2.45, 2.75) is 31.8 Å². The highest BCUT2D eigenvalue weighted by atomic mass is 16.5. The lowest BCUT2D eigenvalue weighted by Crippen LogP contribution is -2.11. The van der Waals surface area contributed by atoms with Crippen molar-refractivity contribution in [2.24, 2.45) is 5.92 Å². The summed E-state index contributed by atoms with van der Waals surface area (Å²) < 4.78 is 4.98. The van der Waals surface area contributed by atoms with Crippen LogP contribution in [0.4, 0.5) is 0 Å². The zero-order valence-corrected chi connectivity index (χ0v) is 9.02. The molecule has 0 aliphatic heterocycles. The zero-order valence-electron chi connectivity index (χ0n) is 9.02. The van der Waals surface area contributed by atoms with E-state index in [1.54, 1.807) is 13.3 Å². The summed E-state index contributed by atoms with van der Waals surface area (Å²) >= 11 is 0. The fraction of sp³-hybridized carbons (Fsp3) is 0.583. The Kier molecular flexibility index (Phi) is 3.21. The number of aliphatic hydroxyl groups is 1. The molecule has 1 N–H and O–H groups in total. The van der Waals surface area contributed by atoms with Crippen LogP contribution in [0, 0.1) is 5.92 Å². The second kappa shape index (κ2) is 4.62. The van der Waals surface area contributed by atoms with Gasteiger partial charge in [0.2, 0.25) is 5.88 Å². The third kappa shape index (κ3) is 3.20. The van der Waals surface area contributed by atoms with E-state index in [1.165, 1.54) is 12.8 Å². The molecular formula is C12H17NO2. The average molecular weight is 207 g/mol. The lowest BCUT2D eigenvalue weighted by molar-refractivity contribution is 0.158. The van der Waals surface area contributed by atoms with Crippen molar-refractivity contribution in [3.05, 3.63) is 23.9 Å². The van der Waals surface area contributed by atoms with E-state index < -0.39 is 0 Å². The van der Waals surface area contributed by atoms with Gasteiger partial charge in [0.25, 0.3) is 0 Å². The van der Waals surface area contributed by atoms with Gasteiger partial charge in [0.15, 0.2) is 0 Å². The molecule has 0 saturated heterocycles. The largest absolute Gasteiger partial charge is 0.481 e. The van der Waals surface area contributed by atoms with Crippen LogP contribution in [0.2, 0.25) is 0 Å². The molecule has 0 radical (unpaired) electrons. The van der Waals surface area contributed by atoms with Crippen LogP contribution in [0.1, 0.15) is 24.8 Å². The van der Waals surface area contributed by atoms with Crippen LogP contribution in [0.3, 0.4) is 0 Å². The minimum absolute atomic E-state index is 0.215. The summed E-state index contributed by atoms with van der Waals surface area (Å²) in [6.07, 6.45) is 5.78. The summed E-state index contributed by atoms with van der Waals surface area (Å²) in [5.41, 5.74) is 1.07. The molecule has 1 atom stereocenters.